The van der Waals surface area contributed by atoms with Crippen LogP contribution in [0.2, 0.25) is 0 Å². The Morgan fingerprint density at radius 3 is 2.57 bits per heavy atom. The van der Waals surface area contributed by atoms with Gasteiger partial charge in [-0.25, -0.2) is 0 Å². The van der Waals surface area contributed by atoms with Gasteiger partial charge in [0.1, 0.15) is 5.75 Å². The Labute approximate surface area is 84.5 Å². The Kier molecular flexibility index (Phi) is 2.48. The highest BCUT2D eigenvalue weighted by Gasteiger charge is 2.14. The first kappa shape index (κ1) is 9.19. The summed E-state index contributed by atoms with van der Waals surface area (Å²) in [4.78, 5) is 2.33. The third-order valence-electron chi connectivity index (χ3n) is 2.68. The van der Waals surface area contributed by atoms with Crippen molar-refractivity contribution in [3.8, 4) is 5.75 Å². The molecule has 14 heavy (non-hydrogen) atoms. The summed E-state index contributed by atoms with van der Waals surface area (Å²) in [5, 5.41) is 0. The Morgan fingerprint density at radius 2 is 2.00 bits per heavy atom. The second-order valence-corrected chi connectivity index (χ2v) is 3.62. The van der Waals surface area contributed by atoms with Gasteiger partial charge in [0, 0.05) is 19.2 Å². The van der Waals surface area contributed by atoms with Crippen molar-refractivity contribution in [2.24, 2.45) is 0 Å². The number of nitrogens with two attached hydrogens (primary N) is 1. The molecule has 1 aromatic carbocycles. The fourth-order valence-corrected chi connectivity index (χ4v) is 1.91. The maximum atomic E-state index is 5.96. The van der Waals surface area contributed by atoms with Crippen LogP contribution in [0.3, 0.4) is 0 Å². The van der Waals surface area contributed by atoms with Crippen molar-refractivity contribution in [2.45, 2.75) is 12.8 Å². The summed E-state index contributed by atoms with van der Waals surface area (Å²) >= 11 is 0. The van der Waals surface area contributed by atoms with Crippen LogP contribution in [0.25, 0.3) is 0 Å². The molecule has 2 rings (SSSR count). The minimum atomic E-state index is 0.811. The van der Waals surface area contributed by atoms with E-state index in [0.717, 1.165) is 30.2 Å². The van der Waals surface area contributed by atoms with Crippen molar-refractivity contribution in [3.63, 3.8) is 0 Å². The summed E-state index contributed by atoms with van der Waals surface area (Å²) in [7, 11) is 1.66. The van der Waals surface area contributed by atoms with Crippen LogP contribution >= 0.6 is 0 Å². The van der Waals surface area contributed by atoms with Gasteiger partial charge in [0.2, 0.25) is 0 Å². The van der Waals surface area contributed by atoms with Gasteiger partial charge in [0.15, 0.2) is 0 Å². The molecule has 1 heterocycles. The second kappa shape index (κ2) is 3.78. The first-order chi connectivity index (χ1) is 6.81. The number of hydrogen-bond donors (Lipinski definition) is 1. The summed E-state index contributed by atoms with van der Waals surface area (Å²) in [6.07, 6.45) is 2.54. The van der Waals surface area contributed by atoms with E-state index < -0.39 is 0 Å². The maximum Gasteiger partial charge on any atom is 0.121 e. The maximum absolute atomic E-state index is 5.96. The van der Waals surface area contributed by atoms with E-state index in [1.54, 1.807) is 7.11 Å². The molecule has 1 aromatic rings. The van der Waals surface area contributed by atoms with Gasteiger partial charge in [-0.15, -0.1) is 0 Å². The molecule has 0 amide bonds. The van der Waals surface area contributed by atoms with E-state index >= 15 is 0 Å². The number of nitrogens with zero attached hydrogens (tertiary/aromatic N) is 1. The number of hydrogen-bond acceptors (Lipinski definition) is 3. The zero-order chi connectivity index (χ0) is 9.97. The monoisotopic (exact) mass is 192 g/mol. The van der Waals surface area contributed by atoms with Crippen LogP contribution in [0, 0.1) is 0 Å². The van der Waals surface area contributed by atoms with Crippen LogP contribution in [0.4, 0.5) is 11.4 Å². The molecular formula is C11H16N2O. The standard InChI is InChI=1S/C11H16N2O/c1-14-9-4-5-11(10(12)8-9)13-6-2-3-7-13/h4-5,8H,2-3,6-7,12H2,1H3. The third kappa shape index (κ3) is 1.62. The minimum Gasteiger partial charge on any atom is -0.497 e. The van der Waals surface area contributed by atoms with Crippen molar-refractivity contribution < 1.29 is 4.74 Å². The van der Waals surface area contributed by atoms with Crippen LogP contribution in [0.1, 0.15) is 12.8 Å². The van der Waals surface area contributed by atoms with Crippen molar-refractivity contribution in [3.05, 3.63) is 18.2 Å². The molecule has 1 fully saturated rings. The molecule has 3 heteroatoms. The predicted molar refractivity (Wildman–Crippen MR) is 58.9 cm³/mol. The third-order valence-corrected chi connectivity index (χ3v) is 2.68. The molecule has 1 aliphatic rings. The summed E-state index contributed by atoms with van der Waals surface area (Å²) < 4.78 is 5.11. The van der Waals surface area contributed by atoms with Gasteiger partial charge in [-0.2, -0.15) is 0 Å². The van der Waals surface area contributed by atoms with E-state index in [1.165, 1.54) is 12.8 Å². The predicted octanol–water partition coefficient (Wildman–Crippen LogP) is 1.88. The number of anilines is 2. The molecule has 0 bridgehead atoms. The molecule has 0 aliphatic carbocycles. The lowest BCUT2D eigenvalue weighted by Gasteiger charge is -2.19. The van der Waals surface area contributed by atoms with Crippen molar-refractivity contribution >= 4 is 11.4 Å². The van der Waals surface area contributed by atoms with Crippen LogP contribution in [-0.2, 0) is 0 Å². The number of benzene rings is 1. The highest BCUT2D eigenvalue weighted by Crippen LogP contribution is 2.29. The molecule has 1 aliphatic heterocycles. The highest BCUT2D eigenvalue weighted by atomic mass is 16.5. The molecule has 0 radical (unpaired) electrons. The molecule has 0 atom stereocenters. The molecule has 0 unspecified atom stereocenters. The van der Waals surface area contributed by atoms with Gasteiger partial charge in [-0.05, 0) is 25.0 Å². The molecule has 0 aromatic heterocycles. The average Bonchev–Trinajstić information content (AvgIpc) is 2.70. The normalized spacial score (nSPS) is 15.9. The summed E-state index contributed by atoms with van der Waals surface area (Å²) in [5.41, 5.74) is 7.91. The molecule has 1 saturated heterocycles. The van der Waals surface area contributed by atoms with Crippen molar-refractivity contribution in [1.82, 2.24) is 0 Å². The first-order valence-electron chi connectivity index (χ1n) is 5.00. The lowest BCUT2D eigenvalue weighted by molar-refractivity contribution is 0.415. The van der Waals surface area contributed by atoms with Crippen LogP contribution in [-0.4, -0.2) is 20.2 Å². The zero-order valence-corrected chi connectivity index (χ0v) is 8.49. The fraction of sp³-hybridized carbons (Fsp3) is 0.455. The van der Waals surface area contributed by atoms with Crippen LogP contribution in [0.15, 0.2) is 18.2 Å². The Morgan fingerprint density at radius 1 is 1.29 bits per heavy atom. The topological polar surface area (TPSA) is 38.5 Å². The van der Waals surface area contributed by atoms with Crippen molar-refractivity contribution in [1.29, 1.82) is 0 Å². The smallest absolute Gasteiger partial charge is 0.121 e. The summed E-state index contributed by atoms with van der Waals surface area (Å²) in [6.45, 7) is 2.24. The number of methoxy groups -OCH3 is 1. The van der Waals surface area contributed by atoms with Crippen LogP contribution < -0.4 is 15.4 Å². The number of nitrogen functional groups attached to an aromatic ring is 1. The number of ether oxygens (including phenoxy) is 1. The van der Waals surface area contributed by atoms with Gasteiger partial charge in [0.25, 0.3) is 0 Å². The van der Waals surface area contributed by atoms with Gasteiger partial charge in [-0.3, -0.25) is 0 Å². The van der Waals surface area contributed by atoms with Gasteiger partial charge < -0.3 is 15.4 Å². The fourth-order valence-electron chi connectivity index (χ4n) is 1.91. The quantitative estimate of drug-likeness (QED) is 0.727. The molecule has 76 valence electrons. The molecule has 0 saturated carbocycles. The van der Waals surface area contributed by atoms with E-state index in [1.807, 2.05) is 18.2 Å². The first-order valence-corrected chi connectivity index (χ1v) is 5.00. The molecule has 0 spiro atoms. The van der Waals surface area contributed by atoms with Gasteiger partial charge >= 0.3 is 0 Å². The van der Waals surface area contributed by atoms with Crippen molar-refractivity contribution in [2.75, 3.05) is 30.8 Å². The SMILES string of the molecule is COc1ccc(N2CCCC2)c(N)c1. The van der Waals surface area contributed by atoms with Gasteiger partial charge in [0.05, 0.1) is 18.5 Å². The van der Waals surface area contributed by atoms with E-state index in [-0.39, 0.29) is 0 Å². The summed E-state index contributed by atoms with van der Waals surface area (Å²) in [5.74, 6) is 0.824. The van der Waals surface area contributed by atoms with E-state index in [9.17, 15) is 0 Å². The lowest BCUT2D eigenvalue weighted by Crippen LogP contribution is -2.18. The summed E-state index contributed by atoms with van der Waals surface area (Å²) in [6, 6.07) is 5.89. The minimum absolute atomic E-state index is 0.811. The highest BCUT2D eigenvalue weighted by molar-refractivity contribution is 5.69. The number of rotatable bonds is 2. The van der Waals surface area contributed by atoms with Crippen LogP contribution in [0.5, 0.6) is 5.75 Å². The second-order valence-electron chi connectivity index (χ2n) is 3.62. The zero-order valence-electron chi connectivity index (χ0n) is 8.49. The molecule has 3 nitrogen and oxygen atoms in total. The van der Waals surface area contributed by atoms with Gasteiger partial charge in [-0.1, -0.05) is 0 Å². The molecular weight excluding hydrogens is 176 g/mol. The Hall–Kier alpha value is -1.38. The Balaban J connectivity index is 2.25. The average molecular weight is 192 g/mol. The van der Waals surface area contributed by atoms with E-state index in [4.69, 9.17) is 10.5 Å². The lowest BCUT2D eigenvalue weighted by atomic mass is 10.2. The Bertz CT molecular complexity index is 319. The van der Waals surface area contributed by atoms with E-state index in [0.29, 0.717) is 0 Å². The molecule has 2 N–H and O–H groups in total. The van der Waals surface area contributed by atoms with E-state index in [2.05, 4.69) is 4.90 Å². The largest absolute Gasteiger partial charge is 0.497 e.